The molecule has 6 heteroatoms. The van der Waals surface area contributed by atoms with Gasteiger partial charge in [-0.2, -0.15) is 0 Å². The van der Waals surface area contributed by atoms with E-state index in [0.717, 1.165) is 38.2 Å². The first kappa shape index (κ1) is 18.4. The Kier molecular flexibility index (Phi) is 7.66. The van der Waals surface area contributed by atoms with Crippen molar-refractivity contribution in [3.05, 3.63) is 0 Å². The van der Waals surface area contributed by atoms with Crippen LogP contribution < -0.4 is 10.6 Å². The average Bonchev–Trinajstić information content (AvgIpc) is 2.40. The van der Waals surface area contributed by atoms with Crippen molar-refractivity contribution in [3.63, 3.8) is 0 Å². The van der Waals surface area contributed by atoms with Gasteiger partial charge in [-0.15, -0.1) is 0 Å². The fourth-order valence-electron chi connectivity index (χ4n) is 2.28. The summed E-state index contributed by atoms with van der Waals surface area (Å²) in [4.78, 5) is 4.52. The molecule has 1 saturated carbocycles. The maximum absolute atomic E-state index is 12.0. The van der Waals surface area contributed by atoms with Gasteiger partial charge in [-0.3, -0.25) is 9.20 Å². The fraction of sp³-hybridized carbons (Fsp3) is 0.933. The molecule has 0 aliphatic heterocycles. The molecule has 0 aromatic heterocycles. The van der Waals surface area contributed by atoms with Crippen molar-refractivity contribution in [2.24, 2.45) is 4.99 Å². The van der Waals surface area contributed by atoms with Crippen molar-refractivity contribution in [1.29, 1.82) is 0 Å². The number of hydrogen-bond donors (Lipinski definition) is 3. The Morgan fingerprint density at radius 1 is 1.29 bits per heavy atom. The maximum Gasteiger partial charge on any atom is 0.191 e. The molecular formula is C15H31N3O2S. The molecule has 1 atom stereocenters. The zero-order valence-corrected chi connectivity index (χ0v) is 14.6. The van der Waals surface area contributed by atoms with Gasteiger partial charge in [-0.05, 0) is 53.4 Å². The molecule has 5 nitrogen and oxygen atoms in total. The Balaban J connectivity index is 2.44. The molecule has 0 amide bonds. The number of nitrogens with zero attached hydrogens (tertiary/aromatic N) is 1. The number of aliphatic hydroxyl groups is 1. The highest BCUT2D eigenvalue weighted by Crippen LogP contribution is 2.18. The second kappa shape index (κ2) is 8.73. The van der Waals surface area contributed by atoms with E-state index in [4.69, 9.17) is 0 Å². The predicted octanol–water partition coefficient (Wildman–Crippen LogP) is 1.39. The summed E-state index contributed by atoms with van der Waals surface area (Å²) in [5.74, 6) is 1.38. The second-order valence-electron chi connectivity index (χ2n) is 6.57. The van der Waals surface area contributed by atoms with Gasteiger partial charge in [0.25, 0.3) is 0 Å². The summed E-state index contributed by atoms with van der Waals surface area (Å²) < 4.78 is 11.8. The van der Waals surface area contributed by atoms with Crippen LogP contribution in [0.15, 0.2) is 4.99 Å². The van der Waals surface area contributed by atoms with Gasteiger partial charge in [0, 0.05) is 33.9 Å². The summed E-state index contributed by atoms with van der Waals surface area (Å²) in [5, 5.41) is 16.2. The average molecular weight is 317 g/mol. The van der Waals surface area contributed by atoms with Crippen LogP contribution in [0.5, 0.6) is 0 Å². The smallest absolute Gasteiger partial charge is 0.191 e. The maximum atomic E-state index is 12.0. The van der Waals surface area contributed by atoms with Crippen LogP contribution in [-0.4, -0.2) is 51.0 Å². The Morgan fingerprint density at radius 3 is 2.43 bits per heavy atom. The minimum atomic E-state index is -0.865. The molecule has 0 aromatic carbocycles. The SMILES string of the molecule is CCNC(=NCCS(=O)C(C)(C)C)NC1CCC(O)CC1. The highest BCUT2D eigenvalue weighted by Gasteiger charge is 2.21. The third kappa shape index (κ3) is 7.27. The number of nitrogens with one attached hydrogen (secondary N) is 2. The zero-order valence-electron chi connectivity index (χ0n) is 13.8. The lowest BCUT2D eigenvalue weighted by Crippen LogP contribution is -2.45. The van der Waals surface area contributed by atoms with E-state index in [2.05, 4.69) is 15.6 Å². The largest absolute Gasteiger partial charge is 0.393 e. The summed E-state index contributed by atoms with van der Waals surface area (Å²) in [6.45, 7) is 9.38. The monoisotopic (exact) mass is 317 g/mol. The molecule has 124 valence electrons. The van der Waals surface area contributed by atoms with Crippen LogP contribution >= 0.6 is 0 Å². The van der Waals surface area contributed by atoms with Crippen LogP contribution in [0.2, 0.25) is 0 Å². The Morgan fingerprint density at radius 2 is 1.90 bits per heavy atom. The van der Waals surface area contributed by atoms with Gasteiger partial charge < -0.3 is 15.7 Å². The van der Waals surface area contributed by atoms with E-state index in [1.165, 1.54) is 0 Å². The van der Waals surface area contributed by atoms with Crippen LogP contribution in [0.3, 0.4) is 0 Å². The predicted molar refractivity (Wildman–Crippen MR) is 90.1 cm³/mol. The molecule has 21 heavy (non-hydrogen) atoms. The van der Waals surface area contributed by atoms with Crippen LogP contribution in [0.1, 0.15) is 53.4 Å². The lowest BCUT2D eigenvalue weighted by atomic mass is 9.93. The molecule has 0 bridgehead atoms. The normalized spacial score (nSPS) is 25.5. The first-order chi connectivity index (χ1) is 9.82. The lowest BCUT2D eigenvalue weighted by Gasteiger charge is -2.27. The van der Waals surface area contributed by atoms with Crippen molar-refractivity contribution in [3.8, 4) is 0 Å². The molecule has 0 heterocycles. The summed E-state index contributed by atoms with van der Waals surface area (Å²) in [6, 6.07) is 0.374. The second-order valence-corrected chi connectivity index (χ2v) is 8.90. The van der Waals surface area contributed by atoms with E-state index >= 15 is 0 Å². The molecule has 0 aromatic rings. The third-order valence-electron chi connectivity index (χ3n) is 3.61. The third-order valence-corrected chi connectivity index (χ3v) is 5.53. The molecule has 1 aliphatic carbocycles. The fourth-order valence-corrected chi connectivity index (χ4v) is 3.15. The number of rotatable bonds is 5. The highest BCUT2D eigenvalue weighted by molar-refractivity contribution is 7.86. The minimum Gasteiger partial charge on any atom is -0.393 e. The Labute approximate surface area is 131 Å². The van der Waals surface area contributed by atoms with Crippen LogP contribution in [0, 0.1) is 0 Å². The van der Waals surface area contributed by atoms with Crippen molar-refractivity contribution < 1.29 is 9.32 Å². The Bertz CT molecular complexity index is 358. The molecule has 0 radical (unpaired) electrons. The topological polar surface area (TPSA) is 73.7 Å². The zero-order chi connectivity index (χ0) is 15.9. The van der Waals surface area contributed by atoms with Gasteiger partial charge in [0.15, 0.2) is 5.96 Å². The molecule has 1 aliphatic rings. The molecular weight excluding hydrogens is 286 g/mol. The van der Waals surface area contributed by atoms with E-state index < -0.39 is 10.8 Å². The van der Waals surface area contributed by atoms with E-state index in [0.29, 0.717) is 18.3 Å². The van der Waals surface area contributed by atoms with Gasteiger partial charge in [0.1, 0.15) is 0 Å². The summed E-state index contributed by atoms with van der Waals surface area (Å²) in [5.41, 5.74) is 0. The van der Waals surface area contributed by atoms with E-state index in [1.807, 2.05) is 27.7 Å². The van der Waals surface area contributed by atoms with Gasteiger partial charge in [0.2, 0.25) is 0 Å². The quantitative estimate of drug-likeness (QED) is 0.529. The summed E-state index contributed by atoms with van der Waals surface area (Å²) in [6.07, 6.45) is 3.51. The van der Waals surface area contributed by atoms with Gasteiger partial charge in [-0.25, -0.2) is 0 Å². The molecule has 3 N–H and O–H groups in total. The van der Waals surface area contributed by atoms with Crippen molar-refractivity contribution in [2.75, 3.05) is 18.8 Å². The number of aliphatic imine (C=N–C) groups is 1. The summed E-state index contributed by atoms with van der Waals surface area (Å²) in [7, 11) is -0.865. The molecule has 1 rings (SSSR count). The van der Waals surface area contributed by atoms with E-state index in [9.17, 15) is 9.32 Å². The van der Waals surface area contributed by atoms with Crippen molar-refractivity contribution in [1.82, 2.24) is 10.6 Å². The molecule has 1 unspecified atom stereocenters. The van der Waals surface area contributed by atoms with Crippen molar-refractivity contribution in [2.45, 2.75) is 70.3 Å². The van der Waals surface area contributed by atoms with Gasteiger partial charge >= 0.3 is 0 Å². The lowest BCUT2D eigenvalue weighted by molar-refractivity contribution is 0.120. The van der Waals surface area contributed by atoms with E-state index in [1.54, 1.807) is 0 Å². The number of hydrogen-bond acceptors (Lipinski definition) is 3. The standard InChI is InChI=1S/C15H31N3O2S/c1-5-16-14(17-10-11-21(20)15(2,3)4)18-12-6-8-13(19)9-7-12/h12-13,19H,5-11H2,1-4H3,(H2,16,17,18). The minimum absolute atomic E-state index is 0.142. The van der Waals surface area contributed by atoms with Gasteiger partial charge in [0.05, 0.1) is 12.6 Å². The summed E-state index contributed by atoms with van der Waals surface area (Å²) >= 11 is 0. The first-order valence-corrected chi connectivity index (χ1v) is 9.26. The Hall–Kier alpha value is -0.620. The molecule has 0 spiro atoms. The number of aliphatic hydroxyl groups excluding tert-OH is 1. The number of guanidine groups is 1. The van der Waals surface area contributed by atoms with Crippen LogP contribution in [-0.2, 0) is 10.8 Å². The van der Waals surface area contributed by atoms with Gasteiger partial charge in [-0.1, -0.05) is 0 Å². The van der Waals surface area contributed by atoms with E-state index in [-0.39, 0.29) is 10.9 Å². The first-order valence-electron chi connectivity index (χ1n) is 7.94. The van der Waals surface area contributed by atoms with Crippen molar-refractivity contribution >= 4 is 16.8 Å². The molecule has 0 saturated heterocycles. The van der Waals surface area contributed by atoms with Crippen LogP contribution in [0.25, 0.3) is 0 Å². The van der Waals surface area contributed by atoms with Crippen LogP contribution in [0.4, 0.5) is 0 Å². The molecule has 1 fully saturated rings. The highest BCUT2D eigenvalue weighted by atomic mass is 32.2.